The summed E-state index contributed by atoms with van der Waals surface area (Å²) in [7, 11) is 0. The molecule has 2 atom stereocenters. The molecule has 1 aromatic heterocycles. The largest absolute Gasteiger partial charge is 0.341 e. The van der Waals surface area contributed by atoms with Crippen LogP contribution in [0.3, 0.4) is 0 Å². The maximum absolute atomic E-state index is 13.0. The van der Waals surface area contributed by atoms with Crippen LogP contribution in [0.1, 0.15) is 36.2 Å². The van der Waals surface area contributed by atoms with Gasteiger partial charge in [-0.2, -0.15) is 5.10 Å². The molecule has 1 unspecified atom stereocenters. The molecule has 5 rings (SSSR count). The molecule has 0 bridgehead atoms. The third-order valence-electron chi connectivity index (χ3n) is 7.20. The number of nitrogens with two attached hydrogens (primary N) is 1. The fourth-order valence-electron chi connectivity index (χ4n) is 4.97. The summed E-state index contributed by atoms with van der Waals surface area (Å²) in [5, 5.41) is 4.35. The Labute approximate surface area is 189 Å². The molecule has 1 aliphatic carbocycles. The van der Waals surface area contributed by atoms with Crippen LogP contribution in [0.5, 0.6) is 0 Å². The molecule has 2 saturated heterocycles. The highest BCUT2D eigenvalue weighted by Gasteiger charge is 2.59. The minimum atomic E-state index is -0.162. The van der Waals surface area contributed by atoms with E-state index in [1.807, 2.05) is 40.1 Å². The van der Waals surface area contributed by atoms with Crippen molar-refractivity contribution in [2.45, 2.75) is 32.9 Å². The van der Waals surface area contributed by atoms with Crippen LogP contribution < -0.4 is 5.73 Å². The summed E-state index contributed by atoms with van der Waals surface area (Å²) in [5.41, 5.74) is 8.14. The minimum Gasteiger partial charge on any atom is -0.341 e. The van der Waals surface area contributed by atoms with Crippen molar-refractivity contribution in [2.24, 2.45) is 22.5 Å². The van der Waals surface area contributed by atoms with E-state index in [0.717, 1.165) is 12.0 Å². The highest BCUT2D eigenvalue weighted by Crippen LogP contribution is 2.54. The summed E-state index contributed by atoms with van der Waals surface area (Å²) in [5.74, 6) is 0.375. The molecule has 1 spiro atoms. The average molecular weight is 444 g/mol. The molecule has 2 aliphatic heterocycles. The molecular formula is C23H30ClN5O2. The van der Waals surface area contributed by atoms with Crippen molar-refractivity contribution in [3.8, 4) is 0 Å². The molecule has 3 aliphatic rings. The molecule has 1 saturated carbocycles. The molecule has 2 N–H and O–H groups in total. The van der Waals surface area contributed by atoms with Gasteiger partial charge in [0.25, 0.3) is 5.91 Å². The predicted molar refractivity (Wildman–Crippen MR) is 120 cm³/mol. The van der Waals surface area contributed by atoms with E-state index in [1.54, 1.807) is 17.1 Å². The van der Waals surface area contributed by atoms with E-state index in [9.17, 15) is 9.59 Å². The van der Waals surface area contributed by atoms with Crippen LogP contribution in [-0.2, 0) is 11.3 Å². The van der Waals surface area contributed by atoms with Crippen molar-refractivity contribution >= 4 is 24.2 Å². The number of hydrogen-bond donors (Lipinski definition) is 1. The third-order valence-corrected chi connectivity index (χ3v) is 7.20. The van der Waals surface area contributed by atoms with Gasteiger partial charge in [-0.25, -0.2) is 0 Å². The summed E-state index contributed by atoms with van der Waals surface area (Å²) in [4.78, 5) is 29.4. The lowest BCUT2D eigenvalue weighted by Gasteiger charge is -2.50. The Bertz CT molecular complexity index is 983. The average Bonchev–Trinajstić information content (AvgIpc) is 3.02. The second-order valence-electron chi connectivity index (χ2n) is 10.0. The zero-order valence-corrected chi connectivity index (χ0v) is 18.8. The van der Waals surface area contributed by atoms with Crippen molar-refractivity contribution in [3.05, 3.63) is 53.9 Å². The van der Waals surface area contributed by atoms with Gasteiger partial charge < -0.3 is 15.5 Å². The number of aromatic nitrogens is 2. The lowest BCUT2D eigenvalue weighted by molar-refractivity contribution is -0.145. The summed E-state index contributed by atoms with van der Waals surface area (Å²) < 4.78 is 1.79. The van der Waals surface area contributed by atoms with Crippen molar-refractivity contribution in [3.63, 3.8) is 0 Å². The number of rotatable bonds is 4. The van der Waals surface area contributed by atoms with Gasteiger partial charge in [0.2, 0.25) is 5.91 Å². The first-order valence-electron chi connectivity index (χ1n) is 10.7. The Morgan fingerprint density at radius 2 is 1.77 bits per heavy atom. The Morgan fingerprint density at radius 3 is 2.42 bits per heavy atom. The fourth-order valence-corrected chi connectivity index (χ4v) is 4.97. The number of nitrogens with zero attached hydrogens (tertiary/aromatic N) is 4. The topological polar surface area (TPSA) is 84.5 Å². The van der Waals surface area contributed by atoms with E-state index in [0.29, 0.717) is 38.3 Å². The Kier molecular flexibility index (Phi) is 5.38. The van der Waals surface area contributed by atoms with Crippen LogP contribution in [0.2, 0.25) is 0 Å². The summed E-state index contributed by atoms with van der Waals surface area (Å²) in [6.45, 7) is 7.38. The van der Waals surface area contributed by atoms with Gasteiger partial charge in [-0.3, -0.25) is 14.3 Å². The standard InChI is InChI=1S/C23H29N5O2.ClH/c1-22(2)8-18(22)21(30)27-14-23(15-27)13-26(12-19(23)24)20(29)17-9-25-28(11-17)10-16-6-4-3-5-7-16;/h3-7,9,11,18-19H,8,10,12-15,24H2,1-2H3;1H/t18-,19?;/m1./s1. The van der Waals surface area contributed by atoms with Gasteiger partial charge >= 0.3 is 0 Å². The fraction of sp³-hybridized carbons (Fsp3) is 0.522. The summed E-state index contributed by atoms with van der Waals surface area (Å²) in [6.07, 6.45) is 4.41. The molecule has 3 heterocycles. The molecular weight excluding hydrogens is 414 g/mol. The number of benzene rings is 1. The van der Waals surface area contributed by atoms with E-state index in [2.05, 4.69) is 18.9 Å². The molecule has 1 aromatic carbocycles. The van der Waals surface area contributed by atoms with Gasteiger partial charge in [-0.1, -0.05) is 44.2 Å². The Hall–Kier alpha value is -2.38. The van der Waals surface area contributed by atoms with Crippen LogP contribution in [0.25, 0.3) is 0 Å². The van der Waals surface area contributed by atoms with E-state index < -0.39 is 0 Å². The first-order chi connectivity index (χ1) is 14.3. The SMILES string of the molecule is CC1(C)C[C@@H]1C(=O)N1CC2(CN(C(=O)c3cnn(Cc4ccccc4)c3)CC2N)C1.Cl. The highest BCUT2D eigenvalue weighted by molar-refractivity contribution is 5.94. The van der Waals surface area contributed by atoms with E-state index >= 15 is 0 Å². The lowest BCUT2D eigenvalue weighted by Crippen LogP contribution is -2.65. The molecule has 0 radical (unpaired) electrons. The minimum absolute atomic E-state index is 0. The van der Waals surface area contributed by atoms with Crippen LogP contribution in [0, 0.1) is 16.7 Å². The van der Waals surface area contributed by atoms with Gasteiger partial charge in [0, 0.05) is 49.8 Å². The quantitative estimate of drug-likeness (QED) is 0.783. The van der Waals surface area contributed by atoms with Gasteiger partial charge in [0.05, 0.1) is 18.3 Å². The molecule has 31 heavy (non-hydrogen) atoms. The number of halogens is 1. The van der Waals surface area contributed by atoms with Crippen LogP contribution in [0.15, 0.2) is 42.7 Å². The van der Waals surface area contributed by atoms with Gasteiger partial charge in [0.15, 0.2) is 0 Å². The molecule has 2 aromatic rings. The van der Waals surface area contributed by atoms with E-state index in [-0.39, 0.29) is 47.0 Å². The van der Waals surface area contributed by atoms with Crippen molar-refractivity contribution < 1.29 is 9.59 Å². The van der Waals surface area contributed by atoms with Crippen molar-refractivity contribution in [2.75, 3.05) is 26.2 Å². The number of carbonyl (C=O) groups is 2. The number of carbonyl (C=O) groups excluding carboxylic acids is 2. The first-order valence-corrected chi connectivity index (χ1v) is 10.7. The highest BCUT2D eigenvalue weighted by atomic mass is 35.5. The van der Waals surface area contributed by atoms with Crippen LogP contribution >= 0.6 is 12.4 Å². The Morgan fingerprint density at radius 1 is 1.13 bits per heavy atom. The number of likely N-dealkylation sites (tertiary alicyclic amines) is 2. The first kappa shape index (κ1) is 21.8. The van der Waals surface area contributed by atoms with Crippen LogP contribution in [-0.4, -0.2) is 63.6 Å². The zero-order valence-electron chi connectivity index (χ0n) is 18.0. The number of hydrogen-bond acceptors (Lipinski definition) is 4. The Balaban J connectivity index is 0.00000231. The molecule has 8 heteroatoms. The van der Waals surface area contributed by atoms with Crippen molar-refractivity contribution in [1.82, 2.24) is 19.6 Å². The van der Waals surface area contributed by atoms with Gasteiger partial charge in [-0.15, -0.1) is 12.4 Å². The third kappa shape index (κ3) is 3.85. The van der Waals surface area contributed by atoms with Crippen molar-refractivity contribution in [1.29, 1.82) is 0 Å². The van der Waals surface area contributed by atoms with E-state index in [4.69, 9.17) is 5.73 Å². The monoisotopic (exact) mass is 443 g/mol. The number of amides is 2. The maximum atomic E-state index is 13.0. The zero-order chi connectivity index (χ0) is 21.1. The second kappa shape index (κ2) is 7.64. The molecule has 166 valence electrons. The second-order valence-corrected chi connectivity index (χ2v) is 10.0. The molecule has 2 amide bonds. The molecule has 7 nitrogen and oxygen atoms in total. The smallest absolute Gasteiger partial charge is 0.257 e. The lowest BCUT2D eigenvalue weighted by atomic mass is 9.75. The predicted octanol–water partition coefficient (Wildman–Crippen LogP) is 2.01. The molecule has 3 fully saturated rings. The van der Waals surface area contributed by atoms with Gasteiger partial charge in [0.1, 0.15) is 0 Å². The normalized spacial score (nSPS) is 25.1. The van der Waals surface area contributed by atoms with Gasteiger partial charge in [-0.05, 0) is 17.4 Å². The van der Waals surface area contributed by atoms with E-state index in [1.165, 1.54) is 0 Å². The maximum Gasteiger partial charge on any atom is 0.257 e. The van der Waals surface area contributed by atoms with Crippen LogP contribution in [0.4, 0.5) is 0 Å². The summed E-state index contributed by atoms with van der Waals surface area (Å²) in [6, 6.07) is 9.95. The summed E-state index contributed by atoms with van der Waals surface area (Å²) >= 11 is 0.